The van der Waals surface area contributed by atoms with Gasteiger partial charge in [0.1, 0.15) is 0 Å². The molecule has 0 saturated carbocycles. The van der Waals surface area contributed by atoms with Crippen molar-refractivity contribution >= 4 is 11.2 Å². The lowest BCUT2D eigenvalue weighted by Crippen LogP contribution is -2.03. The van der Waals surface area contributed by atoms with Gasteiger partial charge in [0.05, 0.1) is 12.5 Å². The van der Waals surface area contributed by atoms with E-state index in [2.05, 4.69) is 19.1 Å². The first kappa shape index (κ1) is 22.4. The molecular formula is C19H34O3S. The smallest absolute Gasteiger partial charge is 0.0946 e. The van der Waals surface area contributed by atoms with E-state index in [1.54, 1.807) is 12.5 Å². The minimum absolute atomic E-state index is 0.611. The average Bonchev–Trinajstić information content (AvgIpc) is 2.59. The molecule has 4 heteroatoms. The summed E-state index contributed by atoms with van der Waals surface area (Å²) in [6.07, 6.45) is 11.1. The van der Waals surface area contributed by atoms with Gasteiger partial charge in [-0.05, 0) is 45.4 Å². The van der Waals surface area contributed by atoms with Gasteiger partial charge in [-0.1, -0.05) is 47.1 Å². The molecule has 0 atom stereocenters. The fourth-order valence-corrected chi connectivity index (χ4v) is 1.91. The quantitative estimate of drug-likeness (QED) is 0.658. The maximum atomic E-state index is 9.56. The first-order valence-electron chi connectivity index (χ1n) is 8.55. The number of rotatable bonds is 0. The van der Waals surface area contributed by atoms with E-state index in [9.17, 15) is 4.55 Å². The van der Waals surface area contributed by atoms with Crippen LogP contribution in [0.15, 0.2) is 30.3 Å². The maximum absolute atomic E-state index is 9.56. The highest BCUT2D eigenvalue weighted by atomic mass is 32.2. The van der Waals surface area contributed by atoms with E-state index in [1.165, 1.54) is 44.1 Å². The fourth-order valence-electron chi connectivity index (χ4n) is 1.91. The molecule has 1 aromatic rings. The van der Waals surface area contributed by atoms with E-state index < -0.39 is 11.2 Å². The van der Waals surface area contributed by atoms with Gasteiger partial charge in [0, 0.05) is 26.4 Å². The van der Waals surface area contributed by atoms with Crippen LogP contribution in [0.2, 0.25) is 0 Å². The van der Waals surface area contributed by atoms with E-state index in [0.717, 1.165) is 26.4 Å². The Hall–Kier alpha value is -0.550. The monoisotopic (exact) mass is 342 g/mol. The molecule has 0 spiro atoms. The molecule has 1 aromatic carbocycles. The summed E-state index contributed by atoms with van der Waals surface area (Å²) in [5, 5.41) is 0. The Kier molecular flexibility index (Phi) is 17.4. The summed E-state index contributed by atoms with van der Waals surface area (Å²) in [5.41, 5.74) is 1.32. The van der Waals surface area contributed by atoms with E-state index in [-0.39, 0.29) is 0 Å². The molecule has 2 saturated heterocycles. The van der Waals surface area contributed by atoms with Crippen LogP contribution >= 0.6 is 0 Å². The summed E-state index contributed by atoms with van der Waals surface area (Å²) < 4.78 is 19.7. The van der Waals surface area contributed by atoms with Crippen molar-refractivity contribution in [3.05, 3.63) is 35.9 Å². The van der Waals surface area contributed by atoms with E-state index in [4.69, 9.17) is 9.47 Å². The molecule has 2 aliphatic rings. The number of hydrogen-bond acceptors (Lipinski definition) is 3. The van der Waals surface area contributed by atoms with E-state index in [0.29, 0.717) is 0 Å². The molecule has 134 valence electrons. The van der Waals surface area contributed by atoms with Gasteiger partial charge < -0.3 is 14.0 Å². The lowest BCUT2D eigenvalue weighted by Gasteiger charge is -2.08. The summed E-state index contributed by atoms with van der Waals surface area (Å²) >= 11 is -0.611. The van der Waals surface area contributed by atoms with Gasteiger partial charge in [0.25, 0.3) is 0 Å². The Morgan fingerprint density at radius 3 is 1.22 bits per heavy atom. The second kappa shape index (κ2) is 17.8. The van der Waals surface area contributed by atoms with Crippen LogP contribution < -0.4 is 0 Å². The summed E-state index contributed by atoms with van der Waals surface area (Å²) in [4.78, 5) is 0. The summed E-state index contributed by atoms with van der Waals surface area (Å²) in [6, 6.07) is 10.3. The largest absolute Gasteiger partial charge is 0.617 e. The highest BCUT2D eigenvalue weighted by Gasteiger charge is 1.95. The molecule has 2 heterocycles. The van der Waals surface area contributed by atoms with Crippen molar-refractivity contribution in [3.8, 4) is 0 Å². The van der Waals surface area contributed by atoms with E-state index in [1.807, 2.05) is 18.2 Å². The van der Waals surface area contributed by atoms with Crippen molar-refractivity contribution in [2.24, 2.45) is 0 Å². The molecular weight excluding hydrogens is 308 g/mol. The average molecular weight is 343 g/mol. The summed E-state index contributed by atoms with van der Waals surface area (Å²) in [7, 11) is 0. The number of benzene rings is 1. The topological polar surface area (TPSA) is 41.5 Å². The van der Waals surface area contributed by atoms with E-state index >= 15 is 0 Å². The van der Waals surface area contributed by atoms with Crippen molar-refractivity contribution in [1.29, 1.82) is 0 Å². The third-order valence-electron chi connectivity index (χ3n) is 3.10. The predicted octanol–water partition coefficient (Wildman–Crippen LogP) is 4.36. The Morgan fingerprint density at radius 2 is 1.09 bits per heavy atom. The van der Waals surface area contributed by atoms with Gasteiger partial charge in [0.15, 0.2) is 0 Å². The van der Waals surface area contributed by atoms with Gasteiger partial charge in [-0.25, -0.2) is 0 Å². The second-order valence-electron chi connectivity index (χ2n) is 5.74. The van der Waals surface area contributed by atoms with Crippen LogP contribution in [0.4, 0.5) is 0 Å². The Labute approximate surface area is 146 Å². The molecule has 2 fully saturated rings. The van der Waals surface area contributed by atoms with Gasteiger partial charge in [0.2, 0.25) is 0 Å². The predicted molar refractivity (Wildman–Crippen MR) is 101 cm³/mol. The van der Waals surface area contributed by atoms with Crippen LogP contribution in [-0.4, -0.2) is 43.5 Å². The molecule has 0 aromatic heterocycles. The standard InChI is InChI=1S/C7H8.2C5H10O.C2H6OS/c1-7-5-3-2-4-6-7;2*1-2-4-6-5-3-1;1-4(2)3/h2-6H,1H3;2*1-5H2;1-2H3. The first-order valence-corrected chi connectivity index (χ1v) is 10.5. The zero-order valence-electron chi connectivity index (χ0n) is 15.1. The Bertz CT molecular complexity index is 285. The van der Waals surface area contributed by atoms with Crippen LogP contribution in [0.25, 0.3) is 0 Å². The van der Waals surface area contributed by atoms with Gasteiger partial charge in [-0.3, -0.25) is 0 Å². The minimum Gasteiger partial charge on any atom is -0.617 e. The number of aryl methyl sites for hydroxylation is 1. The molecule has 0 N–H and O–H groups in total. The van der Waals surface area contributed by atoms with Crippen LogP contribution in [0.5, 0.6) is 0 Å². The molecule has 0 unspecified atom stereocenters. The minimum atomic E-state index is -0.611. The van der Waals surface area contributed by atoms with Gasteiger partial charge >= 0.3 is 0 Å². The Balaban J connectivity index is 0.000000286. The van der Waals surface area contributed by atoms with Crippen LogP contribution in [0.1, 0.15) is 44.1 Å². The van der Waals surface area contributed by atoms with Gasteiger partial charge in [-0.2, -0.15) is 0 Å². The lowest BCUT2D eigenvalue weighted by atomic mass is 10.2. The molecule has 0 bridgehead atoms. The van der Waals surface area contributed by atoms with Crippen molar-refractivity contribution in [3.63, 3.8) is 0 Å². The number of ether oxygens (including phenoxy) is 2. The van der Waals surface area contributed by atoms with Crippen molar-refractivity contribution < 1.29 is 14.0 Å². The lowest BCUT2D eigenvalue weighted by molar-refractivity contribution is 0.0967. The van der Waals surface area contributed by atoms with Crippen molar-refractivity contribution in [2.45, 2.75) is 45.4 Å². The Morgan fingerprint density at radius 1 is 0.739 bits per heavy atom. The molecule has 3 rings (SSSR count). The fraction of sp³-hybridized carbons (Fsp3) is 0.684. The first-order chi connectivity index (χ1) is 11.1. The third-order valence-corrected chi connectivity index (χ3v) is 3.10. The SMILES string of the molecule is C1CCOCC1.C1CCOCC1.C[S+](C)[O-].Cc1ccccc1. The molecule has 0 amide bonds. The molecule has 3 nitrogen and oxygen atoms in total. The van der Waals surface area contributed by atoms with Crippen molar-refractivity contribution in [2.75, 3.05) is 38.9 Å². The molecule has 23 heavy (non-hydrogen) atoms. The van der Waals surface area contributed by atoms with Crippen molar-refractivity contribution in [1.82, 2.24) is 0 Å². The zero-order chi connectivity index (χ0) is 17.2. The second-order valence-corrected chi connectivity index (χ2v) is 7.23. The highest BCUT2D eigenvalue weighted by Crippen LogP contribution is 2.02. The highest BCUT2D eigenvalue weighted by molar-refractivity contribution is 7.89. The third kappa shape index (κ3) is 21.5. The summed E-state index contributed by atoms with van der Waals surface area (Å²) in [5.74, 6) is 0. The number of hydrogen-bond donors (Lipinski definition) is 0. The van der Waals surface area contributed by atoms with Gasteiger partial charge in [-0.15, -0.1) is 0 Å². The maximum Gasteiger partial charge on any atom is 0.0946 e. The van der Waals surface area contributed by atoms with Crippen LogP contribution in [0.3, 0.4) is 0 Å². The molecule has 2 aliphatic heterocycles. The van der Waals surface area contributed by atoms with Crippen LogP contribution in [-0.2, 0) is 20.6 Å². The zero-order valence-corrected chi connectivity index (χ0v) is 15.9. The molecule has 0 aliphatic carbocycles. The normalized spacial score (nSPS) is 16.7. The molecule has 0 radical (unpaired) electrons. The summed E-state index contributed by atoms with van der Waals surface area (Å²) in [6.45, 7) is 6.08. The van der Waals surface area contributed by atoms with Crippen LogP contribution in [0, 0.1) is 6.92 Å².